The summed E-state index contributed by atoms with van der Waals surface area (Å²) < 4.78 is 26.0. The third-order valence-electron chi connectivity index (χ3n) is 4.09. The monoisotopic (exact) mass is 393 g/mol. The second-order valence-corrected chi connectivity index (χ2v) is 9.37. The summed E-state index contributed by atoms with van der Waals surface area (Å²) in [4.78, 5) is 0. The van der Waals surface area contributed by atoms with Crippen molar-refractivity contribution < 1.29 is 0 Å². The first-order valence-electron chi connectivity index (χ1n) is 8.03. The Labute approximate surface area is 156 Å². The lowest BCUT2D eigenvalue weighted by molar-refractivity contribution is 0.738. The molecule has 0 atom stereocenters. The van der Waals surface area contributed by atoms with Crippen molar-refractivity contribution in [2.75, 3.05) is 0 Å². The molecule has 0 radical (unpaired) electrons. The van der Waals surface area contributed by atoms with Crippen molar-refractivity contribution in [2.45, 2.75) is 0 Å². The molecule has 0 aliphatic carbocycles. The molecule has 0 bridgehead atoms. The van der Waals surface area contributed by atoms with Crippen LogP contribution < -0.4 is 16.9 Å². The van der Waals surface area contributed by atoms with Crippen molar-refractivity contribution in [3.8, 4) is 0 Å². The van der Waals surface area contributed by atoms with E-state index in [9.17, 15) is 0 Å². The van der Waals surface area contributed by atoms with Gasteiger partial charge in [-0.05, 0) is 11.8 Å². The maximum absolute atomic E-state index is 5.93. The summed E-state index contributed by atoms with van der Waals surface area (Å²) in [7, 11) is 11.6. The van der Waals surface area contributed by atoms with E-state index >= 15 is 0 Å². The fourth-order valence-electron chi connectivity index (χ4n) is 2.59. The lowest BCUT2D eigenvalue weighted by Gasteiger charge is -2.08. The molecule has 0 N–H and O–H groups in total. The topological polar surface area (TPSA) is 66.7 Å². The molecule has 0 spiro atoms. The molecular weight excluding hydrogens is 369 g/mol. The van der Waals surface area contributed by atoms with Crippen LogP contribution in [0.1, 0.15) is 0 Å². The molecular formula is C15H24N9PS. The zero-order chi connectivity index (χ0) is 19.1. The predicted octanol–water partition coefficient (Wildman–Crippen LogP) is 0.0446. The van der Waals surface area contributed by atoms with Crippen molar-refractivity contribution in [2.24, 2.45) is 56.6 Å². The van der Waals surface area contributed by atoms with Gasteiger partial charge in [-0.3, -0.25) is 0 Å². The third-order valence-corrected chi connectivity index (χ3v) is 6.15. The Morgan fingerprint density at radius 3 is 0.923 bits per heavy atom. The van der Waals surface area contributed by atoms with Crippen molar-refractivity contribution in [3.05, 3.63) is 54.0 Å². The maximum Gasteiger partial charge on any atom is 0.284 e. The van der Waals surface area contributed by atoms with Gasteiger partial charge in [-0.2, -0.15) is 14.3 Å². The molecule has 0 aromatic carbocycles. The van der Waals surface area contributed by atoms with E-state index in [0.717, 1.165) is 16.9 Å². The highest BCUT2D eigenvalue weighted by molar-refractivity contribution is 8.12. The minimum absolute atomic E-state index is 0.731. The summed E-state index contributed by atoms with van der Waals surface area (Å²) >= 11 is 5.93. The largest absolute Gasteiger partial charge is 0.320 e. The normalized spacial score (nSPS) is 11.6. The van der Waals surface area contributed by atoms with Crippen LogP contribution in [0.4, 0.5) is 0 Å². The predicted molar refractivity (Wildman–Crippen MR) is 104 cm³/mol. The van der Waals surface area contributed by atoms with Crippen LogP contribution in [0.15, 0.2) is 51.5 Å². The fraction of sp³-hybridized carbons (Fsp3) is 0.400. The number of hydrogen-bond donors (Lipinski definition) is 0. The van der Waals surface area contributed by atoms with Gasteiger partial charge in [0.25, 0.3) is 6.49 Å². The Bertz CT molecular complexity index is 975. The molecule has 0 fully saturated rings. The van der Waals surface area contributed by atoms with E-state index < -0.39 is 6.49 Å². The molecule has 3 rings (SSSR count). The Hall–Kier alpha value is -2.32. The van der Waals surface area contributed by atoms with Gasteiger partial charge in [0.1, 0.15) is 0 Å². The second-order valence-electron chi connectivity index (χ2n) is 6.27. The Balaban J connectivity index is 2.38. The van der Waals surface area contributed by atoms with Gasteiger partial charge >= 0.3 is 0 Å². The molecule has 3 aromatic heterocycles. The van der Waals surface area contributed by atoms with Crippen LogP contribution in [-0.2, 0) is 54.1 Å². The molecule has 0 aliphatic rings. The summed E-state index contributed by atoms with van der Waals surface area (Å²) in [6, 6.07) is 0. The molecule has 0 saturated heterocycles. The van der Waals surface area contributed by atoms with Gasteiger partial charge in [-0.25, -0.2) is 0 Å². The van der Waals surface area contributed by atoms with Gasteiger partial charge < -0.3 is 27.4 Å². The number of nitrogens with zero attached hydrogens (tertiary/aromatic N) is 9. The number of rotatable bonds is 3. The first-order valence-corrected chi connectivity index (χ1v) is 10.7. The molecule has 0 amide bonds. The van der Waals surface area contributed by atoms with E-state index in [0.29, 0.717) is 0 Å². The van der Waals surface area contributed by atoms with E-state index in [4.69, 9.17) is 26.1 Å². The van der Waals surface area contributed by atoms with Crippen molar-refractivity contribution in [1.29, 1.82) is 0 Å². The molecule has 0 aliphatic heterocycles. The molecule has 3 aromatic rings. The summed E-state index contributed by atoms with van der Waals surface area (Å²) in [5, 5.41) is 0. The van der Waals surface area contributed by atoms with Gasteiger partial charge in [0.2, 0.25) is 16.9 Å². The van der Waals surface area contributed by atoms with E-state index in [-0.39, 0.29) is 0 Å². The fourth-order valence-corrected chi connectivity index (χ4v) is 4.92. The van der Waals surface area contributed by atoms with Gasteiger partial charge in [-0.15, -0.1) is 0 Å². The highest BCUT2D eigenvalue weighted by Crippen LogP contribution is 2.49. The lowest BCUT2D eigenvalue weighted by Crippen LogP contribution is -2.25. The highest BCUT2D eigenvalue weighted by Gasteiger charge is 2.16. The molecule has 9 nitrogen and oxygen atoms in total. The first kappa shape index (κ1) is 18.5. The smallest absolute Gasteiger partial charge is 0.284 e. The van der Waals surface area contributed by atoms with E-state index in [2.05, 4.69) is 0 Å². The Morgan fingerprint density at radius 2 is 0.731 bits per heavy atom. The molecule has 3 heterocycles. The van der Waals surface area contributed by atoms with Crippen molar-refractivity contribution >= 4 is 18.3 Å². The van der Waals surface area contributed by atoms with Gasteiger partial charge in [0.05, 0.1) is 0 Å². The van der Waals surface area contributed by atoms with Gasteiger partial charge in [0.15, 0.2) is 0 Å². The minimum atomic E-state index is -2.86. The number of imidazole rings is 3. The summed E-state index contributed by atoms with van der Waals surface area (Å²) in [5.41, 5.74) is 2.19. The number of aryl methyl sites for hydroxylation is 6. The standard InChI is InChI=1S/C15H24N9PS/c1-19-7-8-20(2)13(19)16-25(26,17-14-21(3)9-10-22(14)4)18-15-23(5)11-12-24(15)6/h7-12H,1-6H3. The third kappa shape index (κ3) is 3.47. The van der Waals surface area contributed by atoms with Crippen LogP contribution >= 0.6 is 6.49 Å². The second kappa shape index (κ2) is 6.77. The molecule has 11 heteroatoms. The minimum Gasteiger partial charge on any atom is -0.320 e. The van der Waals surface area contributed by atoms with Gasteiger partial charge in [-0.1, -0.05) is 0 Å². The van der Waals surface area contributed by atoms with Crippen LogP contribution in [0.2, 0.25) is 0 Å². The maximum atomic E-state index is 5.93. The van der Waals surface area contributed by atoms with Crippen LogP contribution in [-0.4, -0.2) is 27.4 Å². The van der Waals surface area contributed by atoms with Crippen LogP contribution in [0, 0.1) is 0 Å². The SMILES string of the molecule is Cn1ccn(C)c1=NP(=S)(N=c1n(C)ccn1C)N=c1n(C)ccn1C. The van der Waals surface area contributed by atoms with E-state index in [1.807, 2.05) is 107 Å². The average Bonchev–Trinajstić information content (AvgIpc) is 3.18. The molecule has 26 heavy (non-hydrogen) atoms. The van der Waals surface area contributed by atoms with Gasteiger partial charge in [0, 0.05) is 79.5 Å². The summed E-state index contributed by atoms with van der Waals surface area (Å²) in [6.45, 7) is -2.86. The zero-order valence-electron chi connectivity index (χ0n) is 15.8. The lowest BCUT2D eigenvalue weighted by atomic mass is 10.9. The summed E-state index contributed by atoms with van der Waals surface area (Å²) in [5.74, 6) is 0. The summed E-state index contributed by atoms with van der Waals surface area (Å²) in [6.07, 6.45) is 11.6. The van der Waals surface area contributed by atoms with Crippen LogP contribution in [0.3, 0.4) is 0 Å². The van der Waals surface area contributed by atoms with Crippen molar-refractivity contribution in [1.82, 2.24) is 27.4 Å². The number of hydrogen-bond acceptors (Lipinski definition) is 1. The number of aromatic nitrogens is 6. The molecule has 0 saturated carbocycles. The first-order chi connectivity index (χ1) is 12.2. The Kier molecular flexibility index (Phi) is 4.81. The van der Waals surface area contributed by atoms with E-state index in [1.54, 1.807) is 0 Å². The van der Waals surface area contributed by atoms with Crippen LogP contribution in [0.25, 0.3) is 0 Å². The quantitative estimate of drug-likeness (QED) is 0.580. The Morgan fingerprint density at radius 1 is 0.538 bits per heavy atom. The average molecular weight is 393 g/mol. The van der Waals surface area contributed by atoms with Crippen LogP contribution in [0.5, 0.6) is 0 Å². The zero-order valence-corrected chi connectivity index (χ0v) is 17.6. The molecule has 140 valence electrons. The van der Waals surface area contributed by atoms with Crippen molar-refractivity contribution in [3.63, 3.8) is 0 Å². The van der Waals surface area contributed by atoms with E-state index in [1.165, 1.54) is 0 Å². The highest BCUT2D eigenvalue weighted by atomic mass is 32.4. The molecule has 0 unspecified atom stereocenters.